The van der Waals surface area contributed by atoms with Crippen LogP contribution in [0.3, 0.4) is 0 Å². The van der Waals surface area contributed by atoms with E-state index in [1.54, 1.807) is 6.20 Å². The number of benzene rings is 1. The van der Waals surface area contributed by atoms with Gasteiger partial charge in [-0.05, 0) is 55.9 Å². The van der Waals surface area contributed by atoms with E-state index in [9.17, 15) is 0 Å². The molecule has 0 bridgehead atoms. The van der Waals surface area contributed by atoms with Crippen LogP contribution < -0.4 is 10.6 Å². The summed E-state index contributed by atoms with van der Waals surface area (Å²) in [7, 11) is 0. The third kappa shape index (κ3) is 6.97. The number of nitrogens with zero attached hydrogens (tertiary/aromatic N) is 3. The molecule has 1 aromatic heterocycles. The van der Waals surface area contributed by atoms with Crippen LogP contribution in [0.4, 0.5) is 0 Å². The molecule has 0 atom stereocenters. The molecule has 2 aromatic rings. The van der Waals surface area contributed by atoms with Gasteiger partial charge in [0, 0.05) is 32.0 Å². The molecule has 1 aliphatic rings. The lowest BCUT2D eigenvalue weighted by atomic mass is 10.1. The Morgan fingerprint density at radius 2 is 2.04 bits per heavy atom. The van der Waals surface area contributed by atoms with Crippen LogP contribution >= 0.6 is 24.0 Å². The van der Waals surface area contributed by atoms with Gasteiger partial charge in [-0.2, -0.15) is 5.10 Å². The highest BCUT2D eigenvalue weighted by Crippen LogP contribution is 2.33. The van der Waals surface area contributed by atoms with Crippen molar-refractivity contribution in [3.8, 4) is 5.69 Å². The molecule has 1 saturated carbocycles. The molecule has 142 valence electrons. The van der Waals surface area contributed by atoms with E-state index in [1.807, 2.05) is 16.9 Å². The number of hydrogen-bond acceptors (Lipinski definition) is 2. The van der Waals surface area contributed by atoms with Crippen molar-refractivity contribution >= 4 is 29.9 Å². The fourth-order valence-electron chi connectivity index (χ4n) is 2.88. The molecule has 2 N–H and O–H groups in total. The maximum Gasteiger partial charge on any atom is 0.191 e. The smallest absolute Gasteiger partial charge is 0.191 e. The number of hydrogen-bond donors (Lipinski definition) is 2. The van der Waals surface area contributed by atoms with Gasteiger partial charge in [0.1, 0.15) is 0 Å². The van der Waals surface area contributed by atoms with Crippen molar-refractivity contribution < 1.29 is 0 Å². The van der Waals surface area contributed by atoms with E-state index in [-0.39, 0.29) is 24.0 Å². The van der Waals surface area contributed by atoms with E-state index in [0.29, 0.717) is 0 Å². The Kier molecular flexibility index (Phi) is 8.94. The van der Waals surface area contributed by atoms with Crippen LogP contribution in [-0.4, -0.2) is 35.4 Å². The predicted molar refractivity (Wildman–Crippen MR) is 119 cm³/mol. The molecule has 0 spiro atoms. The normalized spacial score (nSPS) is 14.0. The third-order valence-corrected chi connectivity index (χ3v) is 4.49. The number of halogens is 1. The van der Waals surface area contributed by atoms with Crippen molar-refractivity contribution in [1.82, 2.24) is 20.4 Å². The lowest BCUT2D eigenvalue weighted by molar-refractivity contribution is 0.670. The van der Waals surface area contributed by atoms with Crippen molar-refractivity contribution in [2.75, 3.05) is 19.6 Å². The lowest BCUT2D eigenvalue weighted by Gasteiger charge is -2.11. The van der Waals surface area contributed by atoms with Crippen LogP contribution in [0.25, 0.3) is 5.69 Å². The standard InChI is InChI=1S/C20H29N5.HI/c1-2-21-20(22-13-3-5-17-6-7-17)23-15-12-18-8-10-19(11-9-18)25-16-4-14-24-25;/h4,8-11,14,16-17H,2-3,5-7,12-13,15H2,1H3,(H2,21,22,23);1H. The van der Waals surface area contributed by atoms with E-state index >= 15 is 0 Å². The molecular weight excluding hydrogens is 437 g/mol. The predicted octanol–water partition coefficient (Wildman–Crippen LogP) is 3.78. The van der Waals surface area contributed by atoms with Gasteiger partial charge in [-0.15, -0.1) is 24.0 Å². The Morgan fingerprint density at radius 3 is 2.69 bits per heavy atom. The molecule has 0 aliphatic heterocycles. The van der Waals surface area contributed by atoms with Gasteiger partial charge in [0.05, 0.1) is 5.69 Å². The molecule has 26 heavy (non-hydrogen) atoms. The molecule has 0 amide bonds. The van der Waals surface area contributed by atoms with Gasteiger partial charge in [-0.1, -0.05) is 25.0 Å². The minimum absolute atomic E-state index is 0. The molecule has 1 aromatic carbocycles. The Labute approximate surface area is 173 Å². The summed E-state index contributed by atoms with van der Waals surface area (Å²) in [5, 5.41) is 11.0. The van der Waals surface area contributed by atoms with Crippen molar-refractivity contribution in [3.05, 3.63) is 48.3 Å². The topological polar surface area (TPSA) is 54.2 Å². The number of nitrogens with one attached hydrogen (secondary N) is 2. The van der Waals surface area contributed by atoms with E-state index in [0.717, 1.165) is 43.6 Å². The second-order valence-corrected chi connectivity index (χ2v) is 6.64. The molecule has 1 fully saturated rings. The van der Waals surface area contributed by atoms with Crippen LogP contribution in [0.1, 0.15) is 38.2 Å². The SMILES string of the molecule is CCNC(=NCCCC1CC1)NCCc1ccc(-n2cccn2)cc1.I. The quantitative estimate of drug-likeness (QED) is 0.256. The highest BCUT2D eigenvalue weighted by molar-refractivity contribution is 14.0. The first kappa shape index (κ1) is 20.7. The zero-order valence-corrected chi connectivity index (χ0v) is 17.9. The van der Waals surface area contributed by atoms with Gasteiger partial charge in [0.25, 0.3) is 0 Å². The summed E-state index contributed by atoms with van der Waals surface area (Å²) in [5.41, 5.74) is 2.40. The van der Waals surface area contributed by atoms with Gasteiger partial charge in [0.15, 0.2) is 5.96 Å². The number of aliphatic imine (C=N–C) groups is 1. The first-order valence-corrected chi connectivity index (χ1v) is 9.46. The molecule has 0 unspecified atom stereocenters. The van der Waals surface area contributed by atoms with Gasteiger partial charge >= 0.3 is 0 Å². The maximum atomic E-state index is 4.68. The molecule has 5 nitrogen and oxygen atoms in total. The summed E-state index contributed by atoms with van der Waals surface area (Å²) < 4.78 is 1.87. The van der Waals surface area contributed by atoms with Gasteiger partial charge in [-0.25, -0.2) is 4.68 Å². The Hall–Kier alpha value is -1.57. The first-order valence-electron chi connectivity index (χ1n) is 9.46. The van der Waals surface area contributed by atoms with Gasteiger partial charge < -0.3 is 10.6 Å². The minimum atomic E-state index is 0. The minimum Gasteiger partial charge on any atom is -0.357 e. The average Bonchev–Trinajstić information content (AvgIpc) is 3.30. The Morgan fingerprint density at radius 1 is 1.23 bits per heavy atom. The van der Waals surface area contributed by atoms with E-state index in [1.165, 1.54) is 31.2 Å². The van der Waals surface area contributed by atoms with Crippen molar-refractivity contribution in [2.45, 2.75) is 39.0 Å². The van der Waals surface area contributed by atoms with Gasteiger partial charge in [-0.3, -0.25) is 4.99 Å². The fraction of sp³-hybridized carbons (Fsp3) is 0.500. The summed E-state index contributed by atoms with van der Waals surface area (Å²) in [6.45, 7) is 4.81. The number of guanidine groups is 1. The molecule has 0 radical (unpaired) electrons. The summed E-state index contributed by atoms with van der Waals surface area (Å²) >= 11 is 0. The van der Waals surface area contributed by atoms with Crippen LogP contribution in [0.15, 0.2) is 47.7 Å². The van der Waals surface area contributed by atoms with Crippen LogP contribution in [-0.2, 0) is 6.42 Å². The summed E-state index contributed by atoms with van der Waals surface area (Å²) in [6, 6.07) is 10.5. The largest absolute Gasteiger partial charge is 0.357 e. The summed E-state index contributed by atoms with van der Waals surface area (Å²) in [6.07, 6.45) is 10.1. The number of aromatic nitrogens is 2. The molecular formula is C20H30IN5. The van der Waals surface area contributed by atoms with Crippen LogP contribution in [0, 0.1) is 5.92 Å². The van der Waals surface area contributed by atoms with E-state index in [2.05, 4.69) is 51.9 Å². The first-order chi connectivity index (χ1) is 12.3. The zero-order chi connectivity index (χ0) is 17.3. The molecule has 1 aliphatic carbocycles. The van der Waals surface area contributed by atoms with E-state index in [4.69, 9.17) is 0 Å². The second kappa shape index (κ2) is 11.2. The summed E-state index contributed by atoms with van der Waals surface area (Å²) in [4.78, 5) is 4.68. The molecule has 6 heteroatoms. The summed E-state index contributed by atoms with van der Waals surface area (Å²) in [5.74, 6) is 1.93. The monoisotopic (exact) mass is 467 g/mol. The zero-order valence-electron chi connectivity index (χ0n) is 15.5. The lowest BCUT2D eigenvalue weighted by Crippen LogP contribution is -2.38. The highest BCUT2D eigenvalue weighted by atomic mass is 127. The Balaban J connectivity index is 0.00000243. The van der Waals surface area contributed by atoms with Gasteiger partial charge in [0.2, 0.25) is 0 Å². The van der Waals surface area contributed by atoms with Crippen molar-refractivity contribution in [2.24, 2.45) is 10.9 Å². The third-order valence-electron chi connectivity index (χ3n) is 4.49. The van der Waals surface area contributed by atoms with Crippen LogP contribution in [0.2, 0.25) is 0 Å². The van der Waals surface area contributed by atoms with Crippen LogP contribution in [0.5, 0.6) is 0 Å². The Bertz CT molecular complexity index is 647. The molecule has 1 heterocycles. The van der Waals surface area contributed by atoms with Crippen molar-refractivity contribution in [1.29, 1.82) is 0 Å². The molecule has 3 rings (SSSR count). The van der Waals surface area contributed by atoms with Crippen molar-refractivity contribution in [3.63, 3.8) is 0 Å². The highest BCUT2D eigenvalue weighted by Gasteiger charge is 2.19. The maximum absolute atomic E-state index is 4.68. The van der Waals surface area contributed by atoms with E-state index < -0.39 is 0 Å². The number of rotatable bonds is 9. The molecule has 0 saturated heterocycles. The fourth-order valence-corrected chi connectivity index (χ4v) is 2.88. The average molecular weight is 467 g/mol. The second-order valence-electron chi connectivity index (χ2n) is 6.64.